The minimum absolute atomic E-state index is 1.22. The van der Waals surface area contributed by atoms with Crippen molar-refractivity contribution in [2.45, 2.75) is 0 Å². The molecule has 0 radical (unpaired) electrons. The van der Waals surface area contributed by atoms with Crippen molar-refractivity contribution in [3.63, 3.8) is 0 Å². The van der Waals surface area contributed by atoms with Crippen LogP contribution in [-0.4, -0.2) is 4.57 Å². The van der Waals surface area contributed by atoms with Gasteiger partial charge in [-0.3, -0.25) is 0 Å². The van der Waals surface area contributed by atoms with Gasteiger partial charge in [0.05, 0.1) is 15.7 Å². The first-order valence-electron chi connectivity index (χ1n) is 13.4. The SMILES string of the molecule is c1ccc2c(c1)sc1ccc(-n3c4ccccc4c4c5c6ccccc6sc5c5c6ccccc6sc5c43)cc12. The number of hydrogen-bond acceptors (Lipinski definition) is 3. The van der Waals surface area contributed by atoms with Crippen LogP contribution in [0.1, 0.15) is 0 Å². The molecular formula is C36H19NS3. The minimum atomic E-state index is 1.22. The van der Waals surface area contributed by atoms with E-state index in [1.165, 1.54) is 88.0 Å². The van der Waals surface area contributed by atoms with Gasteiger partial charge in [0.1, 0.15) is 0 Å². The first-order chi connectivity index (χ1) is 19.8. The van der Waals surface area contributed by atoms with Crippen molar-refractivity contribution in [3.05, 3.63) is 115 Å². The first kappa shape index (κ1) is 21.6. The van der Waals surface area contributed by atoms with Crippen molar-refractivity contribution in [2.75, 3.05) is 0 Å². The highest BCUT2D eigenvalue weighted by Crippen LogP contribution is 2.52. The number of rotatable bonds is 1. The lowest BCUT2D eigenvalue weighted by molar-refractivity contribution is 1.20. The lowest BCUT2D eigenvalue weighted by Gasteiger charge is -2.10. The van der Waals surface area contributed by atoms with Gasteiger partial charge in [0.2, 0.25) is 0 Å². The molecule has 0 aliphatic heterocycles. The second kappa shape index (κ2) is 7.70. The summed E-state index contributed by atoms with van der Waals surface area (Å²) in [6, 6.07) is 42.7. The van der Waals surface area contributed by atoms with E-state index in [9.17, 15) is 0 Å². The third-order valence-electron chi connectivity index (χ3n) is 8.38. The van der Waals surface area contributed by atoms with E-state index in [-0.39, 0.29) is 0 Å². The minimum Gasteiger partial charge on any atom is -0.308 e. The second-order valence-corrected chi connectivity index (χ2v) is 13.6. The molecule has 0 amide bonds. The van der Waals surface area contributed by atoms with E-state index in [0.29, 0.717) is 0 Å². The molecule has 6 aromatic carbocycles. The Labute approximate surface area is 240 Å². The average molecular weight is 562 g/mol. The third-order valence-corrected chi connectivity index (χ3v) is 11.9. The van der Waals surface area contributed by atoms with Crippen LogP contribution in [0.4, 0.5) is 0 Å². The molecule has 10 aromatic rings. The molecule has 40 heavy (non-hydrogen) atoms. The number of thiophene rings is 3. The highest BCUT2D eigenvalue weighted by Gasteiger charge is 2.24. The van der Waals surface area contributed by atoms with Gasteiger partial charge >= 0.3 is 0 Å². The molecule has 0 bridgehead atoms. The summed E-state index contributed by atoms with van der Waals surface area (Å²) in [4.78, 5) is 0. The van der Waals surface area contributed by atoms with Crippen molar-refractivity contribution in [3.8, 4) is 5.69 Å². The summed E-state index contributed by atoms with van der Waals surface area (Å²) in [6.45, 7) is 0. The zero-order valence-corrected chi connectivity index (χ0v) is 23.6. The number of benzene rings is 6. The number of fused-ring (bicyclic) bond motifs is 15. The van der Waals surface area contributed by atoms with Crippen LogP contribution in [0.25, 0.3) is 88.0 Å². The highest BCUT2D eigenvalue weighted by atomic mass is 32.1. The maximum atomic E-state index is 2.54. The fourth-order valence-corrected chi connectivity index (χ4v) is 10.4. The van der Waals surface area contributed by atoms with Gasteiger partial charge in [-0.15, -0.1) is 34.0 Å². The Morgan fingerprint density at radius 2 is 0.975 bits per heavy atom. The molecule has 4 heterocycles. The Morgan fingerprint density at radius 3 is 1.75 bits per heavy atom. The van der Waals surface area contributed by atoms with Gasteiger partial charge in [-0.2, -0.15) is 0 Å². The van der Waals surface area contributed by atoms with Crippen LogP contribution in [-0.2, 0) is 0 Å². The Morgan fingerprint density at radius 1 is 0.400 bits per heavy atom. The summed E-state index contributed by atoms with van der Waals surface area (Å²) in [5.74, 6) is 0. The topological polar surface area (TPSA) is 4.93 Å². The summed E-state index contributed by atoms with van der Waals surface area (Å²) in [5, 5.41) is 10.9. The molecule has 186 valence electrons. The van der Waals surface area contributed by atoms with E-state index >= 15 is 0 Å². The molecule has 1 nitrogen and oxygen atoms in total. The van der Waals surface area contributed by atoms with Crippen LogP contribution in [0.15, 0.2) is 115 Å². The standard InChI is InChI=1S/C36H19NS3/c1-5-13-26-22(10-1)31-32-23-11-3-7-15-28(23)39-35(32)33-24-12-4-8-16-29(24)40-36(33)34(31)37(26)20-17-18-30-25(19-20)21-9-2-6-14-27(21)38-30/h1-19H. The molecular weight excluding hydrogens is 543 g/mol. The average Bonchev–Trinajstić information content (AvgIpc) is 3.75. The predicted octanol–water partition coefficient (Wildman–Crippen LogP) is 11.9. The molecule has 0 spiro atoms. The van der Waals surface area contributed by atoms with Gasteiger partial charge in [0.25, 0.3) is 0 Å². The van der Waals surface area contributed by atoms with E-state index in [0.717, 1.165) is 0 Å². The lowest BCUT2D eigenvalue weighted by Crippen LogP contribution is -1.93. The Hall–Kier alpha value is -4.22. The van der Waals surface area contributed by atoms with Crippen LogP contribution in [0.5, 0.6) is 0 Å². The Kier molecular flexibility index (Phi) is 4.16. The van der Waals surface area contributed by atoms with Crippen molar-refractivity contribution < 1.29 is 0 Å². The third kappa shape index (κ3) is 2.66. The first-order valence-corrected chi connectivity index (χ1v) is 15.9. The number of para-hydroxylation sites is 1. The number of aromatic nitrogens is 1. The van der Waals surface area contributed by atoms with Crippen molar-refractivity contribution in [1.82, 2.24) is 4.57 Å². The summed E-state index contributed by atoms with van der Waals surface area (Å²) in [5.41, 5.74) is 3.81. The summed E-state index contributed by atoms with van der Waals surface area (Å²) in [7, 11) is 0. The van der Waals surface area contributed by atoms with E-state index in [4.69, 9.17) is 0 Å². The van der Waals surface area contributed by atoms with Crippen molar-refractivity contribution in [2.24, 2.45) is 0 Å². The second-order valence-electron chi connectivity index (χ2n) is 10.5. The van der Waals surface area contributed by atoms with Gasteiger partial charge in [-0.05, 0) is 42.5 Å². The largest absolute Gasteiger partial charge is 0.308 e. The van der Waals surface area contributed by atoms with Crippen LogP contribution in [0.3, 0.4) is 0 Å². The molecule has 0 aliphatic carbocycles. The molecule has 0 aliphatic rings. The zero-order chi connectivity index (χ0) is 25.9. The molecule has 10 rings (SSSR count). The van der Waals surface area contributed by atoms with E-state index in [1.54, 1.807) is 0 Å². The molecule has 0 saturated heterocycles. The van der Waals surface area contributed by atoms with Crippen LogP contribution >= 0.6 is 34.0 Å². The molecule has 4 aromatic heterocycles. The van der Waals surface area contributed by atoms with E-state index in [2.05, 4.69) is 120 Å². The smallest absolute Gasteiger partial charge is 0.0727 e. The van der Waals surface area contributed by atoms with Crippen LogP contribution in [0.2, 0.25) is 0 Å². The van der Waals surface area contributed by atoms with E-state index < -0.39 is 0 Å². The van der Waals surface area contributed by atoms with Crippen molar-refractivity contribution >= 4 is 116 Å². The number of hydrogen-bond donors (Lipinski definition) is 0. The molecule has 0 atom stereocenters. The van der Waals surface area contributed by atoms with Gasteiger partial charge < -0.3 is 4.57 Å². The molecule has 4 heteroatoms. The zero-order valence-electron chi connectivity index (χ0n) is 21.1. The summed E-state index contributed by atoms with van der Waals surface area (Å²) < 4.78 is 10.7. The van der Waals surface area contributed by atoms with Gasteiger partial charge in [-0.25, -0.2) is 0 Å². The van der Waals surface area contributed by atoms with Crippen molar-refractivity contribution in [1.29, 1.82) is 0 Å². The van der Waals surface area contributed by atoms with E-state index in [1.807, 2.05) is 34.0 Å². The summed E-state index contributed by atoms with van der Waals surface area (Å²) >= 11 is 5.76. The van der Waals surface area contributed by atoms with Gasteiger partial charge in [0, 0.05) is 72.3 Å². The van der Waals surface area contributed by atoms with Gasteiger partial charge in [-0.1, -0.05) is 72.8 Å². The van der Waals surface area contributed by atoms with Crippen LogP contribution in [0, 0.1) is 0 Å². The van der Waals surface area contributed by atoms with Crippen LogP contribution < -0.4 is 0 Å². The lowest BCUT2D eigenvalue weighted by atomic mass is 10.0. The maximum absolute atomic E-state index is 2.54. The fourth-order valence-electron chi connectivity index (χ4n) is 6.74. The normalized spacial score (nSPS) is 12.5. The molecule has 0 unspecified atom stereocenters. The molecule has 0 saturated carbocycles. The predicted molar refractivity (Wildman–Crippen MR) is 179 cm³/mol. The highest BCUT2D eigenvalue weighted by molar-refractivity contribution is 7.30. The quantitative estimate of drug-likeness (QED) is 0.188. The number of nitrogens with zero attached hydrogens (tertiary/aromatic N) is 1. The van der Waals surface area contributed by atoms with Gasteiger partial charge in [0.15, 0.2) is 0 Å². The maximum Gasteiger partial charge on any atom is 0.0727 e. The molecule has 0 N–H and O–H groups in total. The Balaban J connectivity index is 1.50. The fraction of sp³-hybridized carbons (Fsp3) is 0. The Bertz CT molecular complexity index is 2660. The molecule has 0 fully saturated rings. The summed E-state index contributed by atoms with van der Waals surface area (Å²) in [6.07, 6.45) is 0. The monoisotopic (exact) mass is 561 g/mol.